The number of hydrogen-bond acceptors (Lipinski definition) is 1. The molecule has 2 nitrogen and oxygen atoms in total. The van der Waals surface area contributed by atoms with Crippen molar-refractivity contribution in [3.05, 3.63) is 58.9 Å². The third-order valence-corrected chi connectivity index (χ3v) is 2.57. The Morgan fingerprint density at radius 1 is 1.24 bits per heavy atom. The molecule has 1 aromatic heterocycles. The van der Waals surface area contributed by atoms with Crippen molar-refractivity contribution in [1.82, 2.24) is 4.98 Å². The molecule has 0 saturated carbocycles. The third kappa shape index (κ3) is 2.64. The Bertz CT molecular complexity index is 564. The van der Waals surface area contributed by atoms with Gasteiger partial charge in [-0.15, -0.1) is 0 Å². The van der Waals surface area contributed by atoms with Crippen LogP contribution in [-0.2, 0) is 0 Å². The largest absolute Gasteiger partial charge is 0.362 e. The Morgan fingerprint density at radius 3 is 2.47 bits per heavy atom. The summed E-state index contributed by atoms with van der Waals surface area (Å²) in [7, 11) is 0. The van der Waals surface area contributed by atoms with Gasteiger partial charge in [-0.25, -0.2) is 0 Å². The molecule has 1 N–H and O–H groups in total. The summed E-state index contributed by atoms with van der Waals surface area (Å²) in [4.78, 5) is 3.07. The smallest absolute Gasteiger partial charge is 0.0998 e. The summed E-state index contributed by atoms with van der Waals surface area (Å²) in [6, 6.07) is 12.3. The highest BCUT2D eigenvalue weighted by atomic mass is 14.7. The lowest BCUT2D eigenvalue weighted by molar-refractivity contribution is 1.36. The summed E-state index contributed by atoms with van der Waals surface area (Å²) in [5.74, 6) is 0. The van der Waals surface area contributed by atoms with Gasteiger partial charge in [0.15, 0.2) is 0 Å². The molecular weight excluding hydrogens is 208 g/mol. The molecule has 0 saturated heterocycles. The number of nitrogens with one attached hydrogen (secondary N) is 1. The number of hydrogen-bond donors (Lipinski definition) is 1. The molecule has 0 atom stereocenters. The van der Waals surface area contributed by atoms with Gasteiger partial charge in [0, 0.05) is 11.9 Å². The number of rotatable bonds is 2. The zero-order valence-corrected chi connectivity index (χ0v) is 9.99. The minimum atomic E-state index is 0.680. The van der Waals surface area contributed by atoms with Gasteiger partial charge in [-0.2, -0.15) is 5.26 Å². The van der Waals surface area contributed by atoms with E-state index in [1.807, 2.05) is 50.4 Å². The Labute approximate surface area is 101 Å². The molecule has 0 radical (unpaired) electrons. The van der Waals surface area contributed by atoms with E-state index < -0.39 is 0 Å². The van der Waals surface area contributed by atoms with Crippen LogP contribution in [0.1, 0.15) is 22.4 Å². The molecule has 0 fully saturated rings. The van der Waals surface area contributed by atoms with E-state index in [-0.39, 0.29) is 0 Å². The van der Waals surface area contributed by atoms with Gasteiger partial charge < -0.3 is 4.98 Å². The maximum absolute atomic E-state index is 9.23. The highest BCUT2D eigenvalue weighted by Crippen LogP contribution is 2.19. The molecule has 2 heteroatoms. The number of aryl methyl sites for hydroxylation is 2. The summed E-state index contributed by atoms with van der Waals surface area (Å²) in [6.45, 7) is 4.08. The van der Waals surface area contributed by atoms with Gasteiger partial charge in [0.05, 0.1) is 11.6 Å². The number of aromatic nitrogens is 1. The van der Waals surface area contributed by atoms with Gasteiger partial charge >= 0.3 is 0 Å². The van der Waals surface area contributed by atoms with Crippen LogP contribution in [0.15, 0.2) is 36.5 Å². The molecule has 1 aromatic carbocycles. The minimum Gasteiger partial charge on any atom is -0.362 e. The highest BCUT2D eigenvalue weighted by molar-refractivity contribution is 5.89. The first-order chi connectivity index (χ1) is 8.19. The average Bonchev–Trinajstić information content (AvgIpc) is 2.77. The van der Waals surface area contributed by atoms with Gasteiger partial charge in [0.1, 0.15) is 0 Å². The van der Waals surface area contributed by atoms with Crippen LogP contribution in [0.25, 0.3) is 11.6 Å². The first kappa shape index (κ1) is 11.2. The van der Waals surface area contributed by atoms with Gasteiger partial charge in [-0.3, -0.25) is 0 Å². The fraction of sp³-hybridized carbons (Fsp3) is 0.133. The predicted molar refractivity (Wildman–Crippen MR) is 70.2 cm³/mol. The van der Waals surface area contributed by atoms with E-state index in [1.54, 1.807) is 0 Å². The number of H-pyrrole nitrogens is 1. The van der Waals surface area contributed by atoms with E-state index in [0.29, 0.717) is 5.57 Å². The Morgan fingerprint density at radius 2 is 1.94 bits per heavy atom. The average molecular weight is 222 g/mol. The molecule has 0 unspecified atom stereocenters. The van der Waals surface area contributed by atoms with Crippen LogP contribution in [0.2, 0.25) is 0 Å². The molecule has 2 aromatic rings. The van der Waals surface area contributed by atoms with Crippen molar-refractivity contribution in [3.63, 3.8) is 0 Å². The lowest BCUT2D eigenvalue weighted by Crippen LogP contribution is -1.86. The fourth-order valence-electron chi connectivity index (χ4n) is 1.90. The van der Waals surface area contributed by atoms with Gasteiger partial charge in [-0.05, 0) is 37.6 Å². The number of aromatic amines is 1. The second-order valence-electron chi connectivity index (χ2n) is 4.17. The van der Waals surface area contributed by atoms with Crippen LogP contribution >= 0.6 is 0 Å². The van der Waals surface area contributed by atoms with Crippen molar-refractivity contribution in [3.8, 4) is 6.07 Å². The van der Waals surface area contributed by atoms with Gasteiger partial charge in [-0.1, -0.05) is 29.3 Å². The Kier molecular flexibility index (Phi) is 3.11. The maximum Gasteiger partial charge on any atom is 0.0998 e. The summed E-state index contributed by atoms with van der Waals surface area (Å²) < 4.78 is 0. The monoisotopic (exact) mass is 222 g/mol. The molecule has 0 bridgehead atoms. The second-order valence-corrected chi connectivity index (χ2v) is 4.17. The SMILES string of the molecule is Cc1cc(C)cc(/C(C#N)=C/c2ccc[nH]2)c1. The topological polar surface area (TPSA) is 39.6 Å². The van der Waals surface area contributed by atoms with Crippen molar-refractivity contribution >= 4 is 11.6 Å². The number of allylic oxidation sites excluding steroid dienone is 1. The van der Waals surface area contributed by atoms with Crippen LogP contribution in [0.4, 0.5) is 0 Å². The lowest BCUT2D eigenvalue weighted by Gasteiger charge is -2.03. The van der Waals surface area contributed by atoms with Crippen LogP contribution < -0.4 is 0 Å². The van der Waals surface area contributed by atoms with Crippen molar-refractivity contribution < 1.29 is 0 Å². The Balaban J connectivity index is 2.46. The molecule has 0 amide bonds. The van der Waals surface area contributed by atoms with Crippen LogP contribution in [-0.4, -0.2) is 4.98 Å². The van der Waals surface area contributed by atoms with Crippen LogP contribution in [0, 0.1) is 25.2 Å². The second kappa shape index (κ2) is 4.71. The molecule has 2 rings (SSSR count). The molecule has 1 heterocycles. The van der Waals surface area contributed by atoms with E-state index in [1.165, 1.54) is 11.1 Å². The van der Waals surface area contributed by atoms with Crippen molar-refractivity contribution in [2.24, 2.45) is 0 Å². The third-order valence-electron chi connectivity index (χ3n) is 2.57. The van der Waals surface area contributed by atoms with Crippen molar-refractivity contribution in [1.29, 1.82) is 5.26 Å². The first-order valence-electron chi connectivity index (χ1n) is 5.53. The standard InChI is InChI=1S/C15H14N2/c1-11-6-12(2)8-13(7-11)14(10-16)9-15-4-3-5-17-15/h3-9,17H,1-2H3/b14-9+. The summed E-state index contributed by atoms with van der Waals surface area (Å²) in [6.07, 6.45) is 3.72. The lowest BCUT2D eigenvalue weighted by atomic mass is 10.0. The quantitative estimate of drug-likeness (QED) is 0.773. The van der Waals surface area contributed by atoms with Gasteiger partial charge in [0.25, 0.3) is 0 Å². The minimum absolute atomic E-state index is 0.680. The molecule has 84 valence electrons. The van der Waals surface area contributed by atoms with Crippen LogP contribution in [0.3, 0.4) is 0 Å². The number of nitrogens with zero attached hydrogens (tertiary/aromatic N) is 1. The highest BCUT2D eigenvalue weighted by Gasteiger charge is 2.03. The Hall–Kier alpha value is -2.27. The molecule has 0 spiro atoms. The van der Waals surface area contributed by atoms with Crippen molar-refractivity contribution in [2.45, 2.75) is 13.8 Å². The van der Waals surface area contributed by atoms with Crippen molar-refractivity contribution in [2.75, 3.05) is 0 Å². The molecule has 0 aliphatic rings. The maximum atomic E-state index is 9.23. The molecule has 0 aliphatic carbocycles. The van der Waals surface area contributed by atoms with E-state index in [4.69, 9.17) is 0 Å². The van der Waals surface area contributed by atoms with Gasteiger partial charge in [0.2, 0.25) is 0 Å². The number of benzene rings is 1. The van der Waals surface area contributed by atoms with E-state index in [9.17, 15) is 5.26 Å². The normalized spacial score (nSPS) is 11.2. The fourth-order valence-corrected chi connectivity index (χ4v) is 1.90. The number of nitriles is 1. The summed E-state index contributed by atoms with van der Waals surface area (Å²) in [5.41, 5.74) is 4.94. The zero-order chi connectivity index (χ0) is 12.3. The predicted octanol–water partition coefficient (Wildman–Crippen LogP) is 3.70. The summed E-state index contributed by atoms with van der Waals surface area (Å²) in [5, 5.41) is 9.23. The van der Waals surface area contributed by atoms with Crippen LogP contribution in [0.5, 0.6) is 0 Å². The van der Waals surface area contributed by atoms with E-state index >= 15 is 0 Å². The molecule has 17 heavy (non-hydrogen) atoms. The molecule has 0 aliphatic heterocycles. The first-order valence-corrected chi connectivity index (χ1v) is 5.53. The molecular formula is C15H14N2. The van der Waals surface area contributed by atoms with E-state index in [2.05, 4.69) is 17.1 Å². The summed E-state index contributed by atoms with van der Waals surface area (Å²) >= 11 is 0. The zero-order valence-electron chi connectivity index (χ0n) is 9.99. The van der Waals surface area contributed by atoms with E-state index in [0.717, 1.165) is 11.3 Å².